The molecule has 0 aliphatic carbocycles. The second kappa shape index (κ2) is 31.2. The van der Waals surface area contributed by atoms with Crippen molar-refractivity contribution in [1.29, 1.82) is 0 Å². The van der Waals surface area contributed by atoms with Gasteiger partial charge in [-0.1, -0.05) is 201 Å². The Morgan fingerprint density at radius 3 is 1.16 bits per heavy atom. The fraction of sp³-hybridized carbons (Fsp3) is 0.927. The van der Waals surface area contributed by atoms with Gasteiger partial charge in [0, 0.05) is 0 Å². The normalized spacial score (nSPS) is 13.1. The van der Waals surface area contributed by atoms with Crippen LogP contribution in [0, 0.1) is 0 Å². The highest BCUT2D eigenvalue weighted by atomic mass is 15.1. The van der Waals surface area contributed by atoms with Gasteiger partial charge in [0.15, 0.2) is 0 Å². The van der Waals surface area contributed by atoms with E-state index >= 15 is 0 Å². The third kappa shape index (κ3) is 23.2. The first-order valence-electron chi connectivity index (χ1n) is 20.3. The van der Waals surface area contributed by atoms with Crippen molar-refractivity contribution < 1.29 is 4.57 Å². The first kappa shape index (κ1) is 40.2. The molecule has 1 N–H and O–H groups in total. The molecule has 0 saturated heterocycles. The number of rotatable bonds is 34. The number of hydrogen-bond donors (Lipinski definition) is 1. The van der Waals surface area contributed by atoms with Gasteiger partial charge in [-0.3, -0.25) is 0 Å². The van der Waals surface area contributed by atoms with E-state index in [9.17, 15) is 0 Å². The van der Waals surface area contributed by atoms with Crippen molar-refractivity contribution in [2.75, 3.05) is 0 Å². The third-order valence-electron chi connectivity index (χ3n) is 10.1. The largest absolute Gasteiger partial charge is 0.257 e. The standard InChI is InChI=1S/C41H80N2/c1-5-8-11-13-15-17-19-21-22-23-24-26-28-30-32-34-39(4)43-38-37-42-41(43)40(35-10-7-3)36-33-31-29-27-25-20-18-16-14-12-9-6-2/h37-40H,5-36H2,1-4H3/p+1. The molecule has 0 aromatic carbocycles. The van der Waals surface area contributed by atoms with Gasteiger partial charge in [-0.2, -0.15) is 0 Å². The van der Waals surface area contributed by atoms with Crippen molar-refractivity contribution in [3.8, 4) is 0 Å². The number of H-pyrrole nitrogens is 1. The van der Waals surface area contributed by atoms with Crippen LogP contribution in [0.3, 0.4) is 0 Å². The highest BCUT2D eigenvalue weighted by Gasteiger charge is 2.25. The molecule has 0 fully saturated rings. The second-order valence-electron chi connectivity index (χ2n) is 14.4. The molecule has 1 rings (SSSR count). The summed E-state index contributed by atoms with van der Waals surface area (Å²) in [6.07, 6.45) is 50.2. The van der Waals surface area contributed by atoms with Crippen molar-refractivity contribution in [3.63, 3.8) is 0 Å². The van der Waals surface area contributed by atoms with Gasteiger partial charge in [0.2, 0.25) is 0 Å². The SMILES string of the molecule is CCCCCCCCCCCCCCCCCC(C)[n+]1cc[nH]c1C(CCCC)CCCCCCCCCCCCCC. The van der Waals surface area contributed by atoms with Crippen molar-refractivity contribution >= 4 is 0 Å². The Bertz CT molecular complexity index is 664. The van der Waals surface area contributed by atoms with E-state index in [1.165, 1.54) is 211 Å². The number of hydrogen-bond acceptors (Lipinski definition) is 0. The van der Waals surface area contributed by atoms with Gasteiger partial charge in [0.25, 0.3) is 5.82 Å². The summed E-state index contributed by atoms with van der Waals surface area (Å²) in [5, 5.41) is 0. The third-order valence-corrected chi connectivity index (χ3v) is 10.1. The minimum absolute atomic E-state index is 0.620. The summed E-state index contributed by atoms with van der Waals surface area (Å²) in [6, 6.07) is 0.620. The Balaban J connectivity index is 2.16. The molecule has 254 valence electrons. The van der Waals surface area contributed by atoms with Crippen molar-refractivity contribution in [1.82, 2.24) is 4.98 Å². The van der Waals surface area contributed by atoms with Crippen LogP contribution in [0.25, 0.3) is 0 Å². The molecule has 0 bridgehead atoms. The van der Waals surface area contributed by atoms with Gasteiger partial charge in [0.05, 0.1) is 12.0 Å². The molecule has 0 spiro atoms. The van der Waals surface area contributed by atoms with E-state index in [4.69, 9.17) is 0 Å². The fourth-order valence-electron chi connectivity index (χ4n) is 7.12. The average molecular weight is 602 g/mol. The lowest BCUT2D eigenvalue weighted by Crippen LogP contribution is -2.41. The maximum absolute atomic E-state index is 3.71. The molecule has 2 heteroatoms. The van der Waals surface area contributed by atoms with Crippen LogP contribution in [0.5, 0.6) is 0 Å². The molecule has 1 aromatic rings. The number of aromatic nitrogens is 2. The maximum Gasteiger partial charge on any atom is 0.257 e. The Kier molecular flexibility index (Phi) is 29.2. The quantitative estimate of drug-likeness (QED) is 0.0599. The van der Waals surface area contributed by atoms with Crippen LogP contribution in [-0.2, 0) is 0 Å². The van der Waals surface area contributed by atoms with E-state index in [2.05, 4.69) is 49.6 Å². The van der Waals surface area contributed by atoms with Crippen LogP contribution < -0.4 is 4.57 Å². The molecule has 2 unspecified atom stereocenters. The molecule has 0 aliphatic rings. The number of nitrogens with zero attached hydrogens (tertiary/aromatic N) is 1. The Hall–Kier alpha value is -0.790. The van der Waals surface area contributed by atoms with Crippen molar-refractivity contribution in [3.05, 3.63) is 18.2 Å². The Labute approximate surface area is 272 Å². The van der Waals surface area contributed by atoms with E-state index in [1.807, 2.05) is 0 Å². The van der Waals surface area contributed by atoms with E-state index < -0.39 is 0 Å². The summed E-state index contributed by atoms with van der Waals surface area (Å²) in [4.78, 5) is 3.71. The second-order valence-corrected chi connectivity index (χ2v) is 14.4. The van der Waals surface area contributed by atoms with Crippen LogP contribution >= 0.6 is 0 Å². The molecule has 0 radical (unpaired) electrons. The summed E-state index contributed by atoms with van der Waals surface area (Å²) in [7, 11) is 0. The summed E-state index contributed by atoms with van der Waals surface area (Å²) in [5.41, 5.74) is 0. The molecule has 0 aliphatic heterocycles. The molecule has 43 heavy (non-hydrogen) atoms. The predicted octanol–water partition coefficient (Wildman–Crippen LogP) is 14.5. The number of nitrogens with one attached hydrogen (secondary N) is 1. The average Bonchev–Trinajstić information content (AvgIpc) is 3.51. The van der Waals surface area contributed by atoms with Crippen LogP contribution in [-0.4, -0.2) is 4.98 Å². The number of unbranched alkanes of at least 4 members (excludes halogenated alkanes) is 26. The zero-order valence-corrected chi connectivity index (χ0v) is 30.4. The smallest absolute Gasteiger partial charge is 0.247 e. The van der Waals surface area contributed by atoms with E-state index in [0.717, 1.165) is 0 Å². The van der Waals surface area contributed by atoms with E-state index in [-0.39, 0.29) is 0 Å². The van der Waals surface area contributed by atoms with Crippen LogP contribution in [0.1, 0.15) is 251 Å². The summed E-state index contributed by atoms with van der Waals surface area (Å²) >= 11 is 0. The maximum atomic E-state index is 3.71. The fourth-order valence-corrected chi connectivity index (χ4v) is 7.12. The highest BCUT2D eigenvalue weighted by molar-refractivity contribution is 4.90. The lowest BCUT2D eigenvalue weighted by Gasteiger charge is -2.17. The minimum Gasteiger partial charge on any atom is -0.247 e. The molecule has 0 saturated carbocycles. The molecular weight excluding hydrogens is 520 g/mol. The van der Waals surface area contributed by atoms with Gasteiger partial charge in [-0.05, 0) is 32.6 Å². The molecular formula is C41H81N2+. The van der Waals surface area contributed by atoms with E-state index in [0.29, 0.717) is 12.0 Å². The van der Waals surface area contributed by atoms with Gasteiger partial charge < -0.3 is 0 Å². The van der Waals surface area contributed by atoms with Gasteiger partial charge in [0.1, 0.15) is 12.4 Å². The molecule has 1 heterocycles. The topological polar surface area (TPSA) is 19.7 Å². The van der Waals surface area contributed by atoms with Gasteiger partial charge >= 0.3 is 0 Å². The van der Waals surface area contributed by atoms with Gasteiger partial charge in [-0.25, -0.2) is 9.55 Å². The predicted molar refractivity (Wildman–Crippen MR) is 193 cm³/mol. The lowest BCUT2D eigenvalue weighted by molar-refractivity contribution is -0.727. The number of aromatic amines is 1. The molecule has 1 aromatic heterocycles. The monoisotopic (exact) mass is 602 g/mol. The zero-order valence-electron chi connectivity index (χ0n) is 30.4. The van der Waals surface area contributed by atoms with Crippen LogP contribution in [0.15, 0.2) is 12.4 Å². The van der Waals surface area contributed by atoms with Crippen LogP contribution in [0.2, 0.25) is 0 Å². The summed E-state index contributed by atoms with van der Waals surface area (Å²) in [5.74, 6) is 2.23. The molecule has 0 amide bonds. The summed E-state index contributed by atoms with van der Waals surface area (Å²) < 4.78 is 2.62. The summed E-state index contributed by atoms with van der Waals surface area (Å²) in [6.45, 7) is 9.43. The lowest BCUT2D eigenvalue weighted by atomic mass is 9.93. The molecule has 2 nitrogen and oxygen atoms in total. The first-order valence-corrected chi connectivity index (χ1v) is 20.3. The first-order chi connectivity index (χ1) is 21.2. The minimum atomic E-state index is 0.620. The molecule has 2 atom stereocenters. The zero-order chi connectivity index (χ0) is 31.1. The van der Waals surface area contributed by atoms with Crippen molar-refractivity contribution in [2.24, 2.45) is 0 Å². The van der Waals surface area contributed by atoms with E-state index in [1.54, 1.807) is 0 Å². The van der Waals surface area contributed by atoms with Crippen LogP contribution in [0.4, 0.5) is 0 Å². The van der Waals surface area contributed by atoms with Gasteiger partial charge in [-0.15, -0.1) is 0 Å². The Morgan fingerprint density at radius 1 is 0.442 bits per heavy atom. The Morgan fingerprint density at radius 2 is 0.767 bits per heavy atom. The van der Waals surface area contributed by atoms with Crippen molar-refractivity contribution in [2.45, 2.75) is 245 Å². The number of imidazole rings is 1. The highest BCUT2D eigenvalue weighted by Crippen LogP contribution is 2.27.